The molecule has 5 rings (SSSR count). The Hall–Kier alpha value is -3.47. The number of thioether (sulfide) groups is 1. The van der Waals surface area contributed by atoms with E-state index in [1.807, 2.05) is 74.5 Å². The lowest BCUT2D eigenvalue weighted by Crippen LogP contribution is -2.29. The highest BCUT2D eigenvalue weighted by Gasteiger charge is 2.36. The van der Waals surface area contributed by atoms with Crippen molar-refractivity contribution < 1.29 is 19.0 Å². The van der Waals surface area contributed by atoms with Gasteiger partial charge in [-0.3, -0.25) is 0 Å². The molecule has 1 aromatic heterocycles. The number of anilines is 1. The molecular formula is C31H30BrClN4O4S. The van der Waals surface area contributed by atoms with Gasteiger partial charge in [0.05, 0.1) is 23.8 Å². The number of carbonyl (C=O) groups is 1. The number of hydrogen-bond donors (Lipinski definition) is 1. The average Bonchev–Trinajstić information content (AvgIpc) is 3.38. The van der Waals surface area contributed by atoms with Crippen molar-refractivity contribution >= 4 is 51.2 Å². The maximum absolute atomic E-state index is 13.3. The monoisotopic (exact) mass is 668 g/mol. The smallest absolute Gasteiger partial charge is 0.338 e. The van der Waals surface area contributed by atoms with Crippen LogP contribution in [0.5, 0.6) is 11.5 Å². The zero-order chi connectivity index (χ0) is 29.8. The first-order valence-electron chi connectivity index (χ1n) is 13.3. The molecular weight excluding hydrogens is 640 g/mol. The van der Waals surface area contributed by atoms with E-state index in [1.165, 1.54) is 17.3 Å². The summed E-state index contributed by atoms with van der Waals surface area (Å²) in [4.78, 5) is 18.0. The molecule has 3 aromatic carbocycles. The number of halogens is 2. The Morgan fingerprint density at radius 3 is 2.62 bits per heavy atom. The molecule has 0 fully saturated rings. The normalized spacial score (nSPS) is 14.3. The molecule has 0 aliphatic carbocycles. The maximum Gasteiger partial charge on any atom is 0.338 e. The minimum absolute atomic E-state index is 0.240. The second-order valence-corrected chi connectivity index (χ2v) is 11.8. The van der Waals surface area contributed by atoms with Gasteiger partial charge >= 0.3 is 5.97 Å². The number of nitrogens with one attached hydrogen (secondary N) is 1. The van der Waals surface area contributed by atoms with E-state index in [-0.39, 0.29) is 6.61 Å². The number of aryl methyl sites for hydroxylation is 1. The molecule has 0 radical (unpaired) electrons. The van der Waals surface area contributed by atoms with Crippen LogP contribution in [-0.2, 0) is 21.9 Å². The molecule has 0 saturated heterocycles. The van der Waals surface area contributed by atoms with Crippen LogP contribution in [0.3, 0.4) is 0 Å². The van der Waals surface area contributed by atoms with Crippen LogP contribution >= 0.6 is 39.3 Å². The Labute approximate surface area is 262 Å². The molecule has 1 atom stereocenters. The van der Waals surface area contributed by atoms with Gasteiger partial charge in [0.15, 0.2) is 11.5 Å². The number of aromatic nitrogens is 3. The van der Waals surface area contributed by atoms with Crippen molar-refractivity contribution in [1.29, 1.82) is 0 Å². The molecule has 1 N–H and O–H groups in total. The highest BCUT2D eigenvalue weighted by molar-refractivity contribution is 9.10. The first-order valence-corrected chi connectivity index (χ1v) is 15.5. The Morgan fingerprint density at radius 2 is 1.90 bits per heavy atom. The van der Waals surface area contributed by atoms with Crippen molar-refractivity contribution in [2.75, 3.05) is 19.0 Å². The van der Waals surface area contributed by atoms with E-state index in [4.69, 9.17) is 35.9 Å². The second-order valence-electron chi connectivity index (χ2n) is 9.64. The molecule has 0 saturated carbocycles. The molecule has 4 aromatic rings. The van der Waals surface area contributed by atoms with Crippen molar-refractivity contribution in [2.24, 2.45) is 0 Å². The van der Waals surface area contributed by atoms with Crippen LogP contribution in [0, 0.1) is 6.92 Å². The lowest BCUT2D eigenvalue weighted by atomic mass is 9.95. The first kappa shape index (κ1) is 30.0. The molecule has 1 aliphatic heterocycles. The van der Waals surface area contributed by atoms with Crippen molar-refractivity contribution in [3.8, 4) is 11.5 Å². The summed E-state index contributed by atoms with van der Waals surface area (Å²) in [6.07, 6.45) is 0. The third-order valence-electron chi connectivity index (χ3n) is 6.71. The molecule has 2 heterocycles. The molecule has 11 heteroatoms. The number of allylic oxidation sites excluding steroid dienone is 1. The summed E-state index contributed by atoms with van der Waals surface area (Å²) in [5.41, 5.74) is 5.02. The van der Waals surface area contributed by atoms with Crippen LogP contribution < -0.4 is 14.8 Å². The standard InChI is InChI=1S/C31H30BrClN4O4S/c1-5-40-29(38)26-19(3)34-30-35-31(42-17-21-8-6-7-9-24(21)33)36-37(30)27(26)22-14-23(32)28(25(15-22)39-4)41-16-20-12-10-18(2)11-13-20/h6-15,27H,5,16-17H2,1-4H3,(H,34,35,36). The van der Waals surface area contributed by atoms with Gasteiger partial charge in [0.25, 0.3) is 0 Å². The zero-order valence-corrected chi connectivity index (χ0v) is 26.8. The van der Waals surface area contributed by atoms with Crippen LogP contribution in [0.2, 0.25) is 5.02 Å². The highest BCUT2D eigenvalue weighted by Crippen LogP contribution is 2.43. The third kappa shape index (κ3) is 6.45. The van der Waals surface area contributed by atoms with Gasteiger partial charge < -0.3 is 19.5 Å². The number of benzene rings is 3. The van der Waals surface area contributed by atoms with Gasteiger partial charge in [0.2, 0.25) is 11.1 Å². The molecule has 0 amide bonds. The number of hydrogen-bond acceptors (Lipinski definition) is 8. The quantitative estimate of drug-likeness (QED) is 0.136. The van der Waals surface area contributed by atoms with Gasteiger partial charge in [0.1, 0.15) is 12.6 Å². The summed E-state index contributed by atoms with van der Waals surface area (Å²) in [5, 5.41) is 9.28. The van der Waals surface area contributed by atoms with E-state index >= 15 is 0 Å². The predicted molar refractivity (Wildman–Crippen MR) is 168 cm³/mol. The Morgan fingerprint density at radius 1 is 1.14 bits per heavy atom. The van der Waals surface area contributed by atoms with E-state index in [0.29, 0.717) is 55.7 Å². The summed E-state index contributed by atoms with van der Waals surface area (Å²) >= 11 is 11.5. The van der Waals surface area contributed by atoms with Gasteiger partial charge in [0, 0.05) is 16.5 Å². The Bertz CT molecular complexity index is 1640. The predicted octanol–water partition coefficient (Wildman–Crippen LogP) is 7.73. The largest absolute Gasteiger partial charge is 0.493 e. The number of carbonyl (C=O) groups excluding carboxylic acids is 1. The fourth-order valence-electron chi connectivity index (χ4n) is 4.61. The SMILES string of the molecule is CCOC(=O)C1=C(C)Nc2nc(SCc3ccccc3Cl)nn2C1c1cc(Br)c(OCc2ccc(C)cc2)c(OC)c1. The highest BCUT2D eigenvalue weighted by atomic mass is 79.9. The second kappa shape index (κ2) is 13.2. The Kier molecular flexibility index (Phi) is 9.45. The van der Waals surface area contributed by atoms with Crippen molar-refractivity contribution in [3.05, 3.63) is 104 Å². The number of methoxy groups -OCH3 is 1. The summed E-state index contributed by atoms with van der Waals surface area (Å²) in [6, 6.07) is 19.0. The van der Waals surface area contributed by atoms with Gasteiger partial charge in [-0.2, -0.15) is 4.98 Å². The average molecular weight is 670 g/mol. The van der Waals surface area contributed by atoms with Crippen LogP contribution in [0.1, 0.15) is 42.1 Å². The molecule has 8 nitrogen and oxygen atoms in total. The minimum atomic E-state index is -0.626. The van der Waals surface area contributed by atoms with Gasteiger partial charge in [-0.15, -0.1) is 5.10 Å². The van der Waals surface area contributed by atoms with E-state index < -0.39 is 12.0 Å². The van der Waals surface area contributed by atoms with E-state index in [2.05, 4.69) is 21.2 Å². The maximum atomic E-state index is 13.3. The first-order chi connectivity index (χ1) is 20.3. The Balaban J connectivity index is 1.50. The van der Waals surface area contributed by atoms with Crippen LogP contribution in [0.15, 0.2) is 81.6 Å². The number of rotatable bonds is 10. The number of ether oxygens (including phenoxy) is 3. The lowest BCUT2D eigenvalue weighted by Gasteiger charge is -2.28. The van der Waals surface area contributed by atoms with Gasteiger partial charge in [-0.05, 0) is 71.6 Å². The summed E-state index contributed by atoms with van der Waals surface area (Å²) in [5.74, 6) is 1.75. The van der Waals surface area contributed by atoms with Crippen molar-refractivity contribution in [1.82, 2.24) is 14.8 Å². The van der Waals surface area contributed by atoms with Crippen LogP contribution in [0.25, 0.3) is 0 Å². The molecule has 218 valence electrons. The molecule has 0 bridgehead atoms. The topological polar surface area (TPSA) is 87.5 Å². The van der Waals surface area contributed by atoms with Crippen LogP contribution in [-0.4, -0.2) is 34.5 Å². The summed E-state index contributed by atoms with van der Waals surface area (Å²) in [7, 11) is 1.59. The molecule has 0 spiro atoms. The van der Waals surface area contributed by atoms with Crippen LogP contribution in [0.4, 0.5) is 5.95 Å². The molecule has 1 unspecified atom stereocenters. The minimum Gasteiger partial charge on any atom is -0.493 e. The lowest BCUT2D eigenvalue weighted by molar-refractivity contribution is -0.139. The van der Waals surface area contributed by atoms with Gasteiger partial charge in [-0.1, -0.05) is 71.4 Å². The van der Waals surface area contributed by atoms with E-state index in [0.717, 1.165) is 16.7 Å². The number of esters is 1. The third-order valence-corrected chi connectivity index (χ3v) is 8.56. The zero-order valence-electron chi connectivity index (χ0n) is 23.6. The fourth-order valence-corrected chi connectivity index (χ4v) is 6.30. The number of nitrogens with zero attached hydrogens (tertiary/aromatic N) is 3. The van der Waals surface area contributed by atoms with Crippen molar-refractivity contribution in [3.63, 3.8) is 0 Å². The fraction of sp³-hybridized carbons (Fsp3) is 0.258. The van der Waals surface area contributed by atoms with E-state index in [1.54, 1.807) is 18.7 Å². The van der Waals surface area contributed by atoms with Crippen molar-refractivity contribution in [2.45, 2.75) is 44.3 Å². The summed E-state index contributed by atoms with van der Waals surface area (Å²) in [6.45, 7) is 6.27. The summed E-state index contributed by atoms with van der Waals surface area (Å²) < 4.78 is 19.8. The van der Waals surface area contributed by atoms with Gasteiger partial charge in [-0.25, -0.2) is 9.48 Å². The molecule has 1 aliphatic rings. The van der Waals surface area contributed by atoms with E-state index in [9.17, 15) is 4.79 Å². The number of fused-ring (bicyclic) bond motifs is 1. The molecule has 42 heavy (non-hydrogen) atoms.